The molecular weight excluding hydrogens is 350 g/mol. The van der Waals surface area contributed by atoms with E-state index in [1.807, 2.05) is 24.9 Å². The number of nitrogens with zero attached hydrogens (tertiary/aromatic N) is 3. The molecular formula is C18H25N5O2S. The minimum Gasteiger partial charge on any atom is -0.340 e. The Hall–Kier alpha value is -1.93. The monoisotopic (exact) mass is 375 g/mol. The van der Waals surface area contributed by atoms with Crippen molar-refractivity contribution >= 4 is 33.4 Å². The Morgan fingerprint density at radius 3 is 2.88 bits per heavy atom. The Balaban J connectivity index is 1.48. The number of fused-ring (bicyclic) bond motifs is 3. The fourth-order valence-corrected chi connectivity index (χ4v) is 5.24. The smallest absolute Gasteiger partial charge is 0.262 e. The maximum atomic E-state index is 13.0. The van der Waals surface area contributed by atoms with Crippen molar-refractivity contribution in [1.29, 1.82) is 0 Å². The van der Waals surface area contributed by atoms with E-state index in [4.69, 9.17) is 0 Å². The summed E-state index contributed by atoms with van der Waals surface area (Å²) in [6.45, 7) is 5.54. The van der Waals surface area contributed by atoms with E-state index < -0.39 is 6.04 Å². The van der Waals surface area contributed by atoms with E-state index in [2.05, 4.69) is 15.7 Å². The highest BCUT2D eigenvalue weighted by molar-refractivity contribution is 7.20. The molecule has 4 rings (SSSR count). The average Bonchev–Trinajstić information content (AvgIpc) is 3.21. The van der Waals surface area contributed by atoms with Gasteiger partial charge in [-0.3, -0.25) is 14.3 Å². The van der Waals surface area contributed by atoms with Crippen molar-refractivity contribution in [2.24, 2.45) is 7.05 Å². The number of aromatic nitrogens is 2. The van der Waals surface area contributed by atoms with Crippen LogP contribution in [0.5, 0.6) is 0 Å². The highest BCUT2D eigenvalue weighted by atomic mass is 32.1. The number of carbonyl (C=O) groups is 2. The SMILES string of the molecule is Cc1nn(C)c2sc(C(=O)NC(C)C(=O)N3C4CCNCC3CC4)cc12. The molecule has 8 heteroatoms. The Morgan fingerprint density at radius 2 is 2.12 bits per heavy atom. The van der Waals surface area contributed by atoms with Gasteiger partial charge in [0.1, 0.15) is 10.9 Å². The summed E-state index contributed by atoms with van der Waals surface area (Å²) in [5.41, 5.74) is 0.913. The first kappa shape index (κ1) is 17.5. The van der Waals surface area contributed by atoms with Crippen LogP contribution in [-0.2, 0) is 11.8 Å². The van der Waals surface area contributed by atoms with Crippen molar-refractivity contribution in [3.05, 3.63) is 16.6 Å². The molecule has 2 aliphatic heterocycles. The summed E-state index contributed by atoms with van der Waals surface area (Å²) in [6.07, 6.45) is 3.11. The minimum atomic E-state index is -0.520. The number of nitrogens with one attached hydrogen (secondary N) is 2. The lowest BCUT2D eigenvalue weighted by Gasteiger charge is -2.30. The predicted octanol–water partition coefficient (Wildman–Crippen LogP) is 1.41. The van der Waals surface area contributed by atoms with E-state index in [-0.39, 0.29) is 17.9 Å². The van der Waals surface area contributed by atoms with Crippen LogP contribution in [0.2, 0.25) is 0 Å². The van der Waals surface area contributed by atoms with Gasteiger partial charge in [-0.05, 0) is 45.7 Å². The van der Waals surface area contributed by atoms with Crippen LogP contribution in [-0.4, -0.2) is 57.7 Å². The van der Waals surface area contributed by atoms with Crippen molar-refractivity contribution in [1.82, 2.24) is 25.3 Å². The first-order valence-electron chi connectivity index (χ1n) is 9.22. The first-order valence-corrected chi connectivity index (χ1v) is 10.0. The molecule has 0 aliphatic carbocycles. The molecule has 0 spiro atoms. The van der Waals surface area contributed by atoms with Gasteiger partial charge in [0.15, 0.2) is 0 Å². The Morgan fingerprint density at radius 1 is 1.35 bits per heavy atom. The van der Waals surface area contributed by atoms with Crippen LogP contribution in [0.1, 0.15) is 41.6 Å². The van der Waals surface area contributed by atoms with Gasteiger partial charge in [0.05, 0.1) is 10.6 Å². The molecule has 0 saturated carbocycles. The molecule has 2 aliphatic rings. The highest BCUT2D eigenvalue weighted by Crippen LogP contribution is 2.29. The third-order valence-electron chi connectivity index (χ3n) is 5.55. The van der Waals surface area contributed by atoms with Crippen LogP contribution in [0, 0.1) is 6.92 Å². The number of hydrogen-bond acceptors (Lipinski definition) is 5. The number of amides is 2. The molecule has 2 aromatic heterocycles. The molecule has 3 atom stereocenters. The van der Waals surface area contributed by atoms with E-state index in [1.54, 1.807) is 11.6 Å². The molecule has 2 amide bonds. The average molecular weight is 375 g/mol. The standard InChI is InChI=1S/C18H25N5O2S/c1-10-14-8-15(26-18(14)22(3)21-10)16(24)20-11(2)17(25)23-12-4-5-13(23)9-19-7-6-12/h8,11-13,19H,4-7,9H2,1-3H3,(H,20,24). The number of thiophene rings is 1. The summed E-state index contributed by atoms with van der Waals surface area (Å²) < 4.78 is 1.79. The number of aryl methyl sites for hydroxylation is 2. The van der Waals surface area contributed by atoms with Gasteiger partial charge in [-0.2, -0.15) is 5.10 Å². The third-order valence-corrected chi connectivity index (χ3v) is 6.75. The number of carbonyl (C=O) groups excluding carboxylic acids is 2. The van der Waals surface area contributed by atoms with Crippen LogP contribution in [0.15, 0.2) is 6.07 Å². The van der Waals surface area contributed by atoms with Gasteiger partial charge in [-0.15, -0.1) is 11.3 Å². The fourth-order valence-electron chi connectivity index (χ4n) is 4.21. The lowest BCUT2D eigenvalue weighted by Crippen LogP contribution is -2.51. The molecule has 2 N–H and O–H groups in total. The second kappa shape index (κ2) is 6.66. The predicted molar refractivity (Wildman–Crippen MR) is 101 cm³/mol. The van der Waals surface area contributed by atoms with E-state index in [1.165, 1.54) is 11.3 Å². The molecule has 2 saturated heterocycles. The van der Waals surface area contributed by atoms with Gasteiger partial charge in [0, 0.05) is 31.1 Å². The van der Waals surface area contributed by atoms with Crippen LogP contribution >= 0.6 is 11.3 Å². The van der Waals surface area contributed by atoms with E-state index in [0.29, 0.717) is 10.9 Å². The van der Waals surface area contributed by atoms with Crippen molar-refractivity contribution < 1.29 is 9.59 Å². The summed E-state index contributed by atoms with van der Waals surface area (Å²) in [5, 5.41) is 11.7. The summed E-state index contributed by atoms with van der Waals surface area (Å²) >= 11 is 1.41. The zero-order valence-electron chi connectivity index (χ0n) is 15.4. The summed E-state index contributed by atoms with van der Waals surface area (Å²) in [4.78, 5) is 29.3. The summed E-state index contributed by atoms with van der Waals surface area (Å²) in [7, 11) is 1.88. The Kier molecular flexibility index (Phi) is 4.48. The lowest BCUT2D eigenvalue weighted by atomic mass is 10.1. The molecule has 2 aromatic rings. The summed E-state index contributed by atoms with van der Waals surface area (Å²) in [5.74, 6) is -0.153. The molecule has 7 nitrogen and oxygen atoms in total. The fraction of sp³-hybridized carbons (Fsp3) is 0.611. The molecule has 2 bridgehead atoms. The van der Waals surface area contributed by atoms with Gasteiger partial charge in [-0.25, -0.2) is 0 Å². The molecule has 3 unspecified atom stereocenters. The topological polar surface area (TPSA) is 79.3 Å². The second-order valence-corrected chi connectivity index (χ2v) is 8.39. The Labute approximate surface area is 156 Å². The van der Waals surface area contributed by atoms with Gasteiger partial charge in [0.2, 0.25) is 5.91 Å². The van der Waals surface area contributed by atoms with Gasteiger partial charge < -0.3 is 15.5 Å². The lowest BCUT2D eigenvalue weighted by molar-refractivity contribution is -0.135. The molecule has 4 heterocycles. The van der Waals surface area contributed by atoms with Crippen molar-refractivity contribution in [3.8, 4) is 0 Å². The third kappa shape index (κ3) is 2.91. The number of rotatable bonds is 3. The van der Waals surface area contributed by atoms with Crippen LogP contribution in [0.4, 0.5) is 0 Å². The van der Waals surface area contributed by atoms with Crippen molar-refractivity contribution in [3.63, 3.8) is 0 Å². The second-order valence-electron chi connectivity index (χ2n) is 7.36. The van der Waals surface area contributed by atoms with Gasteiger partial charge >= 0.3 is 0 Å². The molecule has 0 radical (unpaired) electrons. The van der Waals surface area contributed by atoms with Crippen molar-refractivity contribution in [2.75, 3.05) is 13.1 Å². The van der Waals surface area contributed by atoms with Crippen LogP contribution in [0.25, 0.3) is 10.2 Å². The molecule has 26 heavy (non-hydrogen) atoms. The quantitative estimate of drug-likeness (QED) is 0.850. The van der Waals surface area contributed by atoms with Gasteiger partial charge in [0.25, 0.3) is 5.91 Å². The maximum absolute atomic E-state index is 13.0. The normalized spacial score (nSPS) is 23.9. The van der Waals surface area contributed by atoms with E-state index in [9.17, 15) is 9.59 Å². The van der Waals surface area contributed by atoms with Gasteiger partial charge in [-0.1, -0.05) is 0 Å². The maximum Gasteiger partial charge on any atom is 0.262 e. The zero-order valence-corrected chi connectivity index (χ0v) is 16.2. The largest absolute Gasteiger partial charge is 0.340 e. The van der Waals surface area contributed by atoms with Crippen LogP contribution in [0.3, 0.4) is 0 Å². The molecule has 140 valence electrons. The van der Waals surface area contributed by atoms with E-state index >= 15 is 0 Å². The highest BCUT2D eigenvalue weighted by Gasteiger charge is 2.39. The van der Waals surface area contributed by atoms with Crippen LogP contribution < -0.4 is 10.6 Å². The minimum absolute atomic E-state index is 0.0357. The van der Waals surface area contributed by atoms with E-state index in [0.717, 1.165) is 48.3 Å². The summed E-state index contributed by atoms with van der Waals surface area (Å²) in [6, 6.07) is 1.91. The number of hydrogen-bond donors (Lipinski definition) is 2. The zero-order chi connectivity index (χ0) is 18.4. The Bertz CT molecular complexity index is 809. The van der Waals surface area contributed by atoms with Crippen molar-refractivity contribution in [2.45, 2.75) is 51.2 Å². The molecule has 0 aromatic carbocycles. The molecule has 2 fully saturated rings. The first-order chi connectivity index (χ1) is 12.5.